The fourth-order valence-corrected chi connectivity index (χ4v) is 4.06. The van der Waals surface area contributed by atoms with Gasteiger partial charge >= 0.3 is 5.69 Å². The van der Waals surface area contributed by atoms with Gasteiger partial charge < -0.3 is 5.32 Å². The summed E-state index contributed by atoms with van der Waals surface area (Å²) >= 11 is 1.37. The largest absolute Gasteiger partial charge is 0.319 e. The average Bonchev–Trinajstić information content (AvgIpc) is 3.10. The molecule has 0 fully saturated rings. The second kappa shape index (κ2) is 5.81. The van der Waals surface area contributed by atoms with E-state index in [-0.39, 0.29) is 5.69 Å². The molecule has 0 spiro atoms. The lowest BCUT2D eigenvalue weighted by molar-refractivity contribution is -0.385. The van der Waals surface area contributed by atoms with Crippen molar-refractivity contribution in [2.75, 3.05) is 5.32 Å². The number of carbonyl (C=O) groups excluding carboxylic acids is 1. The molecule has 2 N–H and O–H groups in total. The van der Waals surface area contributed by atoms with E-state index in [0.717, 1.165) is 35.9 Å². The van der Waals surface area contributed by atoms with Gasteiger partial charge in [0.1, 0.15) is 17.3 Å². The van der Waals surface area contributed by atoms with E-state index in [0.29, 0.717) is 16.5 Å². The fourth-order valence-electron chi connectivity index (χ4n) is 2.71. The Morgan fingerprint density at radius 2 is 2.43 bits per heavy atom. The highest BCUT2D eigenvalue weighted by Crippen LogP contribution is 2.39. The third kappa shape index (κ3) is 2.68. The molecule has 1 aliphatic rings. The van der Waals surface area contributed by atoms with Gasteiger partial charge in [0.05, 0.1) is 10.5 Å². The average molecular weight is 331 g/mol. The number of nitrogens with one attached hydrogen (secondary N) is 2. The molecular weight excluding hydrogens is 318 g/mol. The predicted molar refractivity (Wildman–Crippen MR) is 83.4 cm³/mol. The van der Waals surface area contributed by atoms with E-state index < -0.39 is 16.5 Å². The number of hydrogen-bond donors (Lipinski definition) is 2. The van der Waals surface area contributed by atoms with E-state index in [1.54, 1.807) is 0 Å². The Balaban J connectivity index is 1.91. The Morgan fingerprint density at radius 1 is 1.65 bits per heavy atom. The first kappa shape index (κ1) is 15.2. The van der Waals surface area contributed by atoms with Gasteiger partial charge in [-0.1, -0.05) is 6.92 Å². The monoisotopic (exact) mass is 331 g/mol. The molecule has 1 atom stereocenters. The lowest BCUT2D eigenvalue weighted by Gasteiger charge is -2.17. The highest BCUT2D eigenvalue weighted by atomic mass is 32.1. The molecule has 118 valence electrons. The maximum atomic E-state index is 12.3. The third-order valence-corrected chi connectivity index (χ3v) is 5.06. The summed E-state index contributed by atoms with van der Waals surface area (Å²) in [6.45, 7) is 2.15. The molecule has 2 aromatic rings. The molecule has 0 bridgehead atoms. The number of nitrogens with zero attached hydrogens (tertiary/aromatic N) is 3. The maximum absolute atomic E-state index is 12.3. The Morgan fingerprint density at radius 3 is 3.13 bits per heavy atom. The van der Waals surface area contributed by atoms with Crippen LogP contribution < -0.4 is 5.32 Å². The number of anilines is 1. The number of H-pyrrole nitrogens is 1. The smallest absolute Gasteiger partial charge is 0.311 e. The van der Waals surface area contributed by atoms with Crippen LogP contribution in [0.5, 0.6) is 0 Å². The van der Waals surface area contributed by atoms with Gasteiger partial charge in [-0.3, -0.25) is 20.0 Å². The standard InChI is InChI=1S/C14H13N5O3S/c1-7-2-3-8-9(5-15)14(23-11(8)4-7)17-13(20)12-10(19(21)22)6-16-18-12/h6-7H,2-4H2,1H3,(H,16,18)(H,17,20)/t7-/m1/s1. The molecule has 9 heteroatoms. The summed E-state index contributed by atoms with van der Waals surface area (Å²) in [5, 5.41) is 29.2. The molecule has 3 rings (SSSR count). The van der Waals surface area contributed by atoms with Crippen LogP contribution >= 0.6 is 11.3 Å². The van der Waals surface area contributed by atoms with Gasteiger partial charge in [-0.25, -0.2) is 0 Å². The van der Waals surface area contributed by atoms with Gasteiger partial charge in [-0.15, -0.1) is 11.3 Å². The van der Waals surface area contributed by atoms with Crippen molar-refractivity contribution in [1.82, 2.24) is 10.2 Å². The van der Waals surface area contributed by atoms with Crippen molar-refractivity contribution in [3.63, 3.8) is 0 Å². The number of hydrogen-bond acceptors (Lipinski definition) is 6. The van der Waals surface area contributed by atoms with Gasteiger partial charge in [0.2, 0.25) is 5.69 Å². The molecule has 8 nitrogen and oxygen atoms in total. The van der Waals surface area contributed by atoms with Gasteiger partial charge in [0.25, 0.3) is 5.91 Å². The van der Waals surface area contributed by atoms with Crippen LogP contribution in [-0.4, -0.2) is 21.0 Å². The van der Waals surface area contributed by atoms with Crippen molar-refractivity contribution in [1.29, 1.82) is 5.26 Å². The number of rotatable bonds is 3. The van der Waals surface area contributed by atoms with Gasteiger partial charge in [0.15, 0.2) is 0 Å². The maximum Gasteiger partial charge on any atom is 0.319 e. The second-order valence-electron chi connectivity index (χ2n) is 5.51. The van der Waals surface area contributed by atoms with Crippen LogP contribution in [0.3, 0.4) is 0 Å². The predicted octanol–water partition coefficient (Wildman–Crippen LogP) is 2.63. The minimum atomic E-state index is -0.676. The summed E-state index contributed by atoms with van der Waals surface area (Å²) in [5.74, 6) is -0.123. The molecule has 0 saturated carbocycles. The number of carbonyl (C=O) groups is 1. The Labute approximate surface area is 135 Å². The SMILES string of the molecule is C[C@@H]1CCc2c(sc(NC(=O)c3[nH]ncc3[N+](=O)[O-])c2C#N)C1. The molecule has 0 aliphatic heterocycles. The van der Waals surface area contributed by atoms with Crippen molar-refractivity contribution in [3.8, 4) is 6.07 Å². The first-order valence-electron chi connectivity index (χ1n) is 7.05. The van der Waals surface area contributed by atoms with E-state index >= 15 is 0 Å². The van der Waals surface area contributed by atoms with Crippen LogP contribution in [0.1, 0.15) is 39.8 Å². The Hall–Kier alpha value is -2.73. The van der Waals surface area contributed by atoms with Crippen LogP contribution in [0.2, 0.25) is 0 Å². The summed E-state index contributed by atoms with van der Waals surface area (Å²) in [7, 11) is 0. The van der Waals surface area contributed by atoms with Crippen molar-refractivity contribution >= 4 is 27.9 Å². The zero-order valence-corrected chi connectivity index (χ0v) is 13.1. The van der Waals surface area contributed by atoms with Crippen LogP contribution in [0.25, 0.3) is 0 Å². The van der Waals surface area contributed by atoms with E-state index in [1.807, 2.05) is 0 Å². The van der Waals surface area contributed by atoms with Gasteiger partial charge in [-0.2, -0.15) is 10.4 Å². The Kier molecular flexibility index (Phi) is 3.83. The lowest BCUT2D eigenvalue weighted by Crippen LogP contribution is -2.14. The highest BCUT2D eigenvalue weighted by Gasteiger charge is 2.27. The zero-order valence-electron chi connectivity index (χ0n) is 12.3. The first-order valence-corrected chi connectivity index (χ1v) is 7.86. The lowest BCUT2D eigenvalue weighted by atomic mass is 9.89. The molecule has 0 radical (unpaired) electrons. The fraction of sp³-hybridized carbons (Fsp3) is 0.357. The van der Waals surface area contributed by atoms with Crippen molar-refractivity contribution in [2.45, 2.75) is 26.2 Å². The summed E-state index contributed by atoms with van der Waals surface area (Å²) in [6, 6.07) is 2.14. The number of amides is 1. The number of aromatic amines is 1. The van der Waals surface area contributed by atoms with E-state index in [1.165, 1.54) is 11.3 Å². The van der Waals surface area contributed by atoms with Gasteiger partial charge in [-0.05, 0) is 30.7 Å². The van der Waals surface area contributed by atoms with Crippen molar-refractivity contribution in [3.05, 3.63) is 38.0 Å². The molecule has 0 saturated heterocycles. The number of nitriles is 1. The van der Waals surface area contributed by atoms with Crippen LogP contribution in [-0.2, 0) is 12.8 Å². The summed E-state index contributed by atoms with van der Waals surface area (Å²) in [6.07, 6.45) is 3.70. The molecular formula is C14H13N5O3S. The highest BCUT2D eigenvalue weighted by molar-refractivity contribution is 7.16. The molecule has 2 heterocycles. The van der Waals surface area contributed by atoms with Gasteiger partial charge in [0, 0.05) is 4.88 Å². The number of nitro groups is 1. The summed E-state index contributed by atoms with van der Waals surface area (Å²) in [4.78, 5) is 23.6. The van der Waals surface area contributed by atoms with Crippen LogP contribution in [0.15, 0.2) is 6.20 Å². The quantitative estimate of drug-likeness (QED) is 0.660. The summed E-state index contributed by atoms with van der Waals surface area (Å²) in [5.41, 5.74) is 0.840. The topological polar surface area (TPSA) is 125 Å². The molecule has 0 aromatic carbocycles. The van der Waals surface area contributed by atoms with Crippen molar-refractivity contribution < 1.29 is 9.72 Å². The zero-order chi connectivity index (χ0) is 16.6. The minimum Gasteiger partial charge on any atom is -0.311 e. The molecule has 0 unspecified atom stereocenters. The van der Waals surface area contributed by atoms with Crippen LogP contribution in [0.4, 0.5) is 10.7 Å². The molecule has 1 aliphatic carbocycles. The van der Waals surface area contributed by atoms with E-state index in [9.17, 15) is 20.2 Å². The Bertz CT molecular complexity index is 832. The van der Waals surface area contributed by atoms with E-state index in [2.05, 4.69) is 28.5 Å². The normalized spacial score (nSPS) is 16.4. The molecule has 1 amide bonds. The number of fused-ring (bicyclic) bond motifs is 1. The second-order valence-corrected chi connectivity index (χ2v) is 6.61. The van der Waals surface area contributed by atoms with Crippen molar-refractivity contribution in [2.24, 2.45) is 5.92 Å². The van der Waals surface area contributed by atoms with Crippen LogP contribution in [0, 0.1) is 27.4 Å². The van der Waals surface area contributed by atoms with E-state index in [4.69, 9.17) is 0 Å². The first-order chi connectivity index (χ1) is 11.0. The number of aromatic nitrogens is 2. The molecule has 23 heavy (non-hydrogen) atoms. The third-order valence-electron chi connectivity index (χ3n) is 3.89. The minimum absolute atomic E-state index is 0.223. The summed E-state index contributed by atoms with van der Waals surface area (Å²) < 4.78 is 0. The number of thiophene rings is 1. The molecule has 2 aromatic heterocycles.